The molecule has 0 bridgehead atoms. The van der Waals surface area contributed by atoms with Gasteiger partial charge in [-0.25, -0.2) is 0 Å². The summed E-state index contributed by atoms with van der Waals surface area (Å²) in [5.41, 5.74) is 7.40. The predicted molar refractivity (Wildman–Crippen MR) is 166 cm³/mol. The molecule has 0 saturated heterocycles. The van der Waals surface area contributed by atoms with E-state index in [4.69, 9.17) is 15.2 Å². The minimum absolute atomic E-state index is 0.138. The van der Waals surface area contributed by atoms with Crippen molar-refractivity contribution in [2.45, 2.75) is 83.6 Å². The predicted octanol–water partition coefficient (Wildman–Crippen LogP) is 2.83. The van der Waals surface area contributed by atoms with Crippen LogP contribution in [0.5, 0.6) is 0 Å². The fraction of sp³-hybridized carbons (Fsp3) is 0.484. The SMILES string of the molecule is BC(=O)OCc1ccc(NC(=O)[C@H](CCCCN)NC(=O)[C@H](Cc2ccccc2)NC(=O)CCC(C)(C)OCC)cc1. The third kappa shape index (κ3) is 13.3. The van der Waals surface area contributed by atoms with Gasteiger partial charge in [0.25, 0.3) is 0 Å². The molecule has 0 radical (unpaired) electrons. The van der Waals surface area contributed by atoms with Gasteiger partial charge >= 0.3 is 0 Å². The Bertz CT molecular complexity index is 1140. The number of carbonyl (C=O) groups excluding carboxylic acids is 4. The van der Waals surface area contributed by atoms with Gasteiger partial charge in [-0.3, -0.25) is 19.2 Å². The number of nitrogens with one attached hydrogen (secondary N) is 3. The van der Waals surface area contributed by atoms with Gasteiger partial charge in [0.1, 0.15) is 18.7 Å². The smallest absolute Gasteiger partial charge is 0.246 e. The lowest BCUT2D eigenvalue weighted by molar-refractivity contribution is -0.131. The molecule has 0 aliphatic heterocycles. The second-order valence-electron chi connectivity index (χ2n) is 10.8. The zero-order chi connectivity index (χ0) is 31.0. The fourth-order valence-electron chi connectivity index (χ4n) is 4.34. The molecule has 2 aromatic carbocycles. The van der Waals surface area contributed by atoms with Crippen molar-refractivity contribution in [3.8, 4) is 0 Å². The van der Waals surface area contributed by atoms with Crippen LogP contribution in [0.2, 0.25) is 0 Å². The summed E-state index contributed by atoms with van der Waals surface area (Å²) < 4.78 is 10.7. The maximum absolute atomic E-state index is 13.6. The molecule has 0 aromatic heterocycles. The van der Waals surface area contributed by atoms with Crippen molar-refractivity contribution in [2.24, 2.45) is 5.73 Å². The number of unbranched alkanes of at least 4 members (excludes halogenated alkanes) is 1. The summed E-state index contributed by atoms with van der Waals surface area (Å²) in [6.45, 7) is 6.91. The Morgan fingerprint density at radius 1 is 0.905 bits per heavy atom. The van der Waals surface area contributed by atoms with Crippen molar-refractivity contribution in [3.63, 3.8) is 0 Å². The summed E-state index contributed by atoms with van der Waals surface area (Å²) in [6, 6.07) is 14.6. The summed E-state index contributed by atoms with van der Waals surface area (Å²) in [4.78, 5) is 50.8. The van der Waals surface area contributed by atoms with E-state index >= 15 is 0 Å². The number of benzene rings is 2. The van der Waals surface area contributed by atoms with Crippen LogP contribution in [0.25, 0.3) is 0 Å². The molecule has 228 valence electrons. The van der Waals surface area contributed by atoms with E-state index in [-0.39, 0.29) is 37.1 Å². The van der Waals surface area contributed by atoms with Crippen LogP contribution in [0.4, 0.5) is 10.5 Å². The standard InChI is InChI=1S/C31H45BN4O6/c1-4-42-31(2,3)18-17-27(37)35-26(20-22-10-6-5-7-11-22)29(39)36-25(12-8-9-19-33)28(38)34-24-15-13-23(14-16-24)21-41-30(32)40/h5-7,10-11,13-16,25-26H,4,8-9,12,17-21,32-33H2,1-3H3,(H,34,38)(H,35,37)(H,36,39)/t25-,26-/m0/s1. The largest absolute Gasteiger partial charge is 0.469 e. The fourth-order valence-corrected chi connectivity index (χ4v) is 4.34. The molecule has 2 aromatic rings. The first kappa shape index (κ1) is 34.5. The molecule has 42 heavy (non-hydrogen) atoms. The average Bonchev–Trinajstić information content (AvgIpc) is 2.95. The first-order valence-corrected chi connectivity index (χ1v) is 14.5. The van der Waals surface area contributed by atoms with Crippen LogP contribution in [-0.2, 0) is 36.9 Å². The number of carbonyl (C=O) groups is 4. The number of amides is 3. The van der Waals surface area contributed by atoms with Crippen LogP contribution < -0.4 is 21.7 Å². The van der Waals surface area contributed by atoms with E-state index in [1.54, 1.807) is 24.3 Å². The topological polar surface area (TPSA) is 149 Å². The molecule has 0 fully saturated rings. The second kappa shape index (κ2) is 18.0. The van der Waals surface area contributed by atoms with Crippen LogP contribution in [0, 0.1) is 0 Å². The summed E-state index contributed by atoms with van der Waals surface area (Å²) in [7, 11) is 1.34. The van der Waals surface area contributed by atoms with E-state index in [0.717, 1.165) is 11.1 Å². The van der Waals surface area contributed by atoms with Crippen molar-refractivity contribution >= 4 is 37.1 Å². The molecular weight excluding hydrogens is 535 g/mol. The van der Waals surface area contributed by atoms with Gasteiger partial charge in [0.15, 0.2) is 0 Å². The third-order valence-electron chi connectivity index (χ3n) is 6.67. The minimum Gasteiger partial charge on any atom is -0.469 e. The molecule has 0 spiro atoms. The maximum Gasteiger partial charge on any atom is 0.246 e. The number of nitrogens with two attached hydrogens (primary N) is 1. The van der Waals surface area contributed by atoms with Crippen molar-refractivity contribution in [3.05, 3.63) is 65.7 Å². The summed E-state index contributed by atoms with van der Waals surface area (Å²) in [5, 5.41) is 8.59. The van der Waals surface area contributed by atoms with Crippen molar-refractivity contribution < 1.29 is 28.7 Å². The molecule has 0 saturated carbocycles. The lowest BCUT2D eigenvalue weighted by Gasteiger charge is -2.26. The molecule has 10 nitrogen and oxygen atoms in total. The van der Waals surface area contributed by atoms with Crippen LogP contribution in [0.3, 0.4) is 0 Å². The van der Waals surface area contributed by atoms with Crippen LogP contribution in [0.15, 0.2) is 54.6 Å². The molecule has 0 unspecified atom stereocenters. The summed E-state index contributed by atoms with van der Waals surface area (Å²) in [6.07, 6.45) is 2.68. The first-order valence-electron chi connectivity index (χ1n) is 14.5. The van der Waals surface area contributed by atoms with Gasteiger partial charge in [-0.2, -0.15) is 0 Å². The molecule has 2 atom stereocenters. The zero-order valence-corrected chi connectivity index (χ0v) is 25.2. The highest BCUT2D eigenvalue weighted by molar-refractivity contribution is 6.55. The second-order valence-corrected chi connectivity index (χ2v) is 10.8. The Hall–Kier alpha value is -3.70. The van der Waals surface area contributed by atoms with E-state index in [9.17, 15) is 19.2 Å². The zero-order valence-electron chi connectivity index (χ0n) is 25.2. The Kier molecular flexibility index (Phi) is 14.8. The van der Waals surface area contributed by atoms with Crippen molar-refractivity contribution in [1.82, 2.24) is 10.6 Å². The van der Waals surface area contributed by atoms with Gasteiger partial charge in [-0.15, -0.1) is 0 Å². The van der Waals surface area contributed by atoms with Gasteiger partial charge in [0.05, 0.1) is 5.60 Å². The van der Waals surface area contributed by atoms with Crippen LogP contribution in [-0.4, -0.2) is 62.3 Å². The number of ether oxygens (including phenoxy) is 2. The monoisotopic (exact) mass is 580 g/mol. The van der Waals surface area contributed by atoms with E-state index in [1.165, 1.54) is 7.85 Å². The van der Waals surface area contributed by atoms with Gasteiger partial charge in [-0.1, -0.05) is 42.5 Å². The van der Waals surface area contributed by atoms with E-state index in [2.05, 4.69) is 16.0 Å². The molecule has 0 aliphatic carbocycles. The third-order valence-corrected chi connectivity index (χ3v) is 6.67. The highest BCUT2D eigenvalue weighted by Crippen LogP contribution is 2.17. The Balaban J connectivity index is 2.14. The average molecular weight is 581 g/mol. The Labute approximate surface area is 249 Å². The number of anilines is 1. The summed E-state index contributed by atoms with van der Waals surface area (Å²) >= 11 is 0. The highest BCUT2D eigenvalue weighted by atomic mass is 16.5. The minimum atomic E-state index is -0.875. The molecule has 0 aliphatic rings. The molecule has 3 amide bonds. The molecular formula is C31H45BN4O6. The molecule has 11 heteroatoms. The van der Waals surface area contributed by atoms with Crippen LogP contribution in [0.1, 0.15) is 64.0 Å². The number of hydrogen-bond donors (Lipinski definition) is 4. The lowest BCUT2D eigenvalue weighted by atomic mass is 10.0. The van der Waals surface area contributed by atoms with Gasteiger partial charge < -0.3 is 31.2 Å². The van der Waals surface area contributed by atoms with Gasteiger partial charge in [-0.05, 0) is 76.3 Å². The summed E-state index contributed by atoms with van der Waals surface area (Å²) in [5.74, 6) is -1.46. The number of rotatable bonds is 18. The maximum atomic E-state index is 13.6. The Morgan fingerprint density at radius 3 is 2.21 bits per heavy atom. The molecule has 0 heterocycles. The quantitative estimate of drug-likeness (QED) is 0.157. The van der Waals surface area contributed by atoms with E-state index in [0.29, 0.717) is 44.5 Å². The van der Waals surface area contributed by atoms with Crippen molar-refractivity contribution in [1.29, 1.82) is 0 Å². The lowest BCUT2D eigenvalue weighted by Crippen LogP contribution is -2.53. The molecule has 2 rings (SSSR count). The van der Waals surface area contributed by atoms with Crippen molar-refractivity contribution in [2.75, 3.05) is 18.5 Å². The number of hydrogen-bond acceptors (Lipinski definition) is 7. The highest BCUT2D eigenvalue weighted by Gasteiger charge is 2.28. The van der Waals surface area contributed by atoms with Crippen LogP contribution >= 0.6 is 0 Å². The Morgan fingerprint density at radius 2 is 1.60 bits per heavy atom. The van der Waals surface area contributed by atoms with Gasteiger partial charge in [0.2, 0.25) is 31.4 Å². The van der Waals surface area contributed by atoms with E-state index < -0.39 is 23.6 Å². The van der Waals surface area contributed by atoms with Gasteiger partial charge in [0, 0.05) is 25.1 Å². The normalized spacial score (nSPS) is 12.6. The van der Waals surface area contributed by atoms with E-state index in [1.807, 2.05) is 51.1 Å². The first-order chi connectivity index (χ1) is 20.0. The molecule has 5 N–H and O–H groups in total.